The van der Waals surface area contributed by atoms with Crippen molar-refractivity contribution in [2.45, 2.75) is 146 Å². The van der Waals surface area contributed by atoms with E-state index in [1.165, 1.54) is 0 Å². The van der Waals surface area contributed by atoms with Crippen LogP contribution in [0.25, 0.3) is 0 Å². The van der Waals surface area contributed by atoms with Crippen LogP contribution in [0.4, 0.5) is 0 Å². The van der Waals surface area contributed by atoms with Crippen LogP contribution in [0.1, 0.15) is 0 Å². The molecule has 0 aliphatic heterocycles. The zero-order valence-corrected chi connectivity index (χ0v) is 57.8. The molecule has 0 aliphatic carbocycles. The third-order valence-electron chi connectivity index (χ3n) is 0. The minimum absolute atomic E-state index is 0. The van der Waals surface area contributed by atoms with E-state index in [9.17, 15) is 0 Å². The molecule has 0 bridgehead atoms. The third kappa shape index (κ3) is 1470. The van der Waals surface area contributed by atoms with Gasteiger partial charge < -0.3 is 0 Å². The van der Waals surface area contributed by atoms with Crippen LogP contribution in [0.3, 0.4) is 0 Å². The van der Waals surface area contributed by atoms with Crippen LogP contribution in [-0.2, 0) is 0 Å². The van der Waals surface area contributed by atoms with Crippen LogP contribution >= 0.6 is 0 Å². The van der Waals surface area contributed by atoms with Crippen molar-refractivity contribution >= 4 is 200 Å². The molecule has 0 spiro atoms. The molecule has 0 N–H and O–H groups in total. The van der Waals surface area contributed by atoms with Gasteiger partial charge in [0.25, 0.3) is 0 Å². The maximum absolute atomic E-state index is 2.32. The summed E-state index contributed by atoms with van der Waals surface area (Å²) in [7, 11) is 0.722. The van der Waals surface area contributed by atoms with Crippen molar-refractivity contribution in [3.8, 4) is 0 Å². The summed E-state index contributed by atoms with van der Waals surface area (Å²) in [5.41, 5.74) is 0. The summed E-state index contributed by atoms with van der Waals surface area (Å²) in [5.74, 6) is 0. The van der Waals surface area contributed by atoms with Gasteiger partial charge in [-0.3, -0.25) is 0 Å². The Hall–Kier alpha value is 6.56. The van der Waals surface area contributed by atoms with E-state index in [0.717, 1.165) is 0 Å². The Morgan fingerprint density at radius 1 is 0.222 bits per heavy atom. The van der Waals surface area contributed by atoms with Gasteiger partial charge in [0.1, 0.15) is 0 Å². The first-order valence-corrected chi connectivity index (χ1v) is 50.2. The molecule has 0 aromatic rings. The van der Waals surface area contributed by atoms with Crippen molar-refractivity contribution in [2.75, 3.05) is 0 Å². The summed E-state index contributed by atoms with van der Waals surface area (Å²) < 4.78 is 13.9. The third-order valence-corrected chi connectivity index (χ3v) is 0. The van der Waals surface area contributed by atoms with Gasteiger partial charge >= 0.3 is 175 Å². The minimum atomic E-state index is 0. The zero-order chi connectivity index (χ0) is 29.6. The Morgan fingerprint density at radius 3 is 0.222 bits per heavy atom. The van der Waals surface area contributed by atoms with Crippen LogP contribution in [0.5, 0.6) is 0 Å². The molecule has 0 saturated heterocycles. The first-order chi connectivity index (χ1) is 14.6. The fraction of sp³-hybridized carbons (Fsp3) is 1.00. The molecule has 219 valence electrons. The molecule has 0 nitrogen and oxygen atoms in total. The zero-order valence-electron chi connectivity index (χ0n) is 30.2. The van der Waals surface area contributed by atoms with Crippen molar-refractivity contribution in [3.63, 3.8) is 0 Å². The fourth-order valence-electron chi connectivity index (χ4n) is 0. The molecular formula is C24H75Bi3In3Si6. The molecule has 12 heteroatoms. The maximum atomic E-state index is 2.32. The van der Waals surface area contributed by atoms with Gasteiger partial charge in [-0.2, -0.15) is 0 Å². The predicted octanol–water partition coefficient (Wildman–Crippen LogP) is 8.64. The first kappa shape index (κ1) is 78.7. The Morgan fingerprint density at radius 2 is 0.222 bits per heavy atom. The summed E-state index contributed by atoms with van der Waals surface area (Å²) in [4.78, 5) is 0. The first-order valence-electron chi connectivity index (χ1n) is 12.5. The molecule has 0 aromatic heterocycles. The Bertz CT molecular complexity index is 156. The van der Waals surface area contributed by atoms with Crippen molar-refractivity contribution in [3.05, 3.63) is 0 Å². The van der Waals surface area contributed by atoms with Crippen LogP contribution in [0.2, 0.25) is 146 Å². The van der Waals surface area contributed by atoms with Crippen molar-refractivity contribution in [2.24, 2.45) is 0 Å². The standard InChI is InChI=1S/6C3H9Si.6CH3.3Bi.3In.3H/c6*1-4(2)3;;;;;;;;;;;;;;;/h6*1-3H3;6*1H3;;;;;;;;;. The molecule has 0 heterocycles. The molecule has 0 amide bonds. The number of rotatable bonds is 0. The second-order valence-electron chi connectivity index (χ2n) is 10.7. The molecule has 0 rings (SSSR count). The van der Waals surface area contributed by atoms with Gasteiger partial charge in [0.05, 0.1) is 0 Å². The fourth-order valence-corrected chi connectivity index (χ4v) is 0. The van der Waals surface area contributed by atoms with E-state index in [-0.39, 0.29) is 200 Å². The summed E-state index contributed by atoms with van der Waals surface area (Å²) in [6, 6.07) is 0. The van der Waals surface area contributed by atoms with E-state index in [2.05, 4.69) is 146 Å². The average molecular weight is 1500 g/mol. The molecule has 0 aliphatic rings. The van der Waals surface area contributed by atoms with Gasteiger partial charge in [-0.25, -0.2) is 0 Å². The molecule has 0 fully saturated rings. The Kier molecular flexibility index (Phi) is 197. The number of hydrogen-bond donors (Lipinski definition) is 0. The quantitative estimate of drug-likeness (QED) is 0.214. The van der Waals surface area contributed by atoms with E-state index in [1.807, 2.05) is 0 Å². The molecule has 0 aromatic carbocycles. The van der Waals surface area contributed by atoms with E-state index >= 15 is 0 Å². The molecule has 0 unspecified atom stereocenters. The Labute approximate surface area is 339 Å². The average Bonchev–Trinajstić information content (AvgIpc) is 2.44. The normalized spacial score (nSPS) is 7.17. The Balaban J connectivity index is -0.0000000179. The van der Waals surface area contributed by atoms with Gasteiger partial charge in [-0.15, -0.1) is 0 Å². The SMILES string of the molecule is C[Si](C)C.C[Si](C)C.C[Si](C)C.C[Si](C)C.C[Si](C)C.C[Si](C)C.[BiH].[BiH].[BiH].[CH3][In][CH3].[CH3][In][CH3].[CH3][In][CH3]. The topological polar surface area (TPSA) is 0 Å². The summed E-state index contributed by atoms with van der Waals surface area (Å²) in [6.07, 6.45) is 0. The summed E-state index contributed by atoms with van der Waals surface area (Å²) in [6.45, 7) is 40.8. The van der Waals surface area contributed by atoms with Gasteiger partial charge in [-0.1, -0.05) is 118 Å². The van der Waals surface area contributed by atoms with Gasteiger partial charge in [0.2, 0.25) is 0 Å². The number of hydrogen-bond acceptors (Lipinski definition) is 0. The summed E-state index contributed by atoms with van der Waals surface area (Å²) in [5, 5.41) is 0. The second-order valence-corrected chi connectivity index (χ2v) is 38.6. The van der Waals surface area contributed by atoms with Crippen molar-refractivity contribution in [1.82, 2.24) is 0 Å². The predicted molar refractivity (Wildman–Crippen MR) is 214 cm³/mol. The van der Waals surface area contributed by atoms with Crippen LogP contribution < -0.4 is 0 Å². The van der Waals surface area contributed by atoms with Crippen molar-refractivity contribution < 1.29 is 0 Å². The van der Waals surface area contributed by atoms with Gasteiger partial charge in [0.15, 0.2) is 0 Å². The second kappa shape index (κ2) is 90.0. The molecule has 0 atom stereocenters. The molecule has 0 saturated carbocycles. The van der Waals surface area contributed by atoms with Gasteiger partial charge in [-0.05, 0) is 0 Å². The van der Waals surface area contributed by atoms with Crippen LogP contribution in [0.15, 0.2) is 0 Å². The van der Waals surface area contributed by atoms with E-state index < -0.39 is 0 Å². The van der Waals surface area contributed by atoms with Gasteiger partial charge in [0, 0.05) is 52.8 Å². The van der Waals surface area contributed by atoms with Crippen LogP contribution in [0, 0.1) is 0 Å². The van der Waals surface area contributed by atoms with E-state index in [0.29, 0.717) is 0 Å². The van der Waals surface area contributed by atoms with E-state index in [1.54, 1.807) is 0 Å². The summed E-state index contributed by atoms with van der Waals surface area (Å²) >= 11 is 0.330. The van der Waals surface area contributed by atoms with Crippen molar-refractivity contribution in [1.29, 1.82) is 0 Å². The van der Waals surface area contributed by atoms with Crippen LogP contribution in [-0.4, -0.2) is 200 Å². The monoisotopic (exact) mass is 1500 g/mol. The van der Waals surface area contributed by atoms with E-state index in [4.69, 9.17) is 0 Å². The molecule has 36 heavy (non-hydrogen) atoms. The molecular weight excluding hydrogens is 1430 g/mol. The molecule has 15 radical (unpaired) electrons.